The summed E-state index contributed by atoms with van der Waals surface area (Å²) < 4.78 is 10.9. The van der Waals surface area contributed by atoms with Crippen molar-refractivity contribution in [3.63, 3.8) is 0 Å². The zero-order chi connectivity index (χ0) is 11.4. The molecule has 1 aliphatic heterocycles. The lowest BCUT2D eigenvalue weighted by Gasteiger charge is -2.37. The van der Waals surface area contributed by atoms with Gasteiger partial charge in [0, 0.05) is 12.0 Å². The summed E-state index contributed by atoms with van der Waals surface area (Å²) in [7, 11) is 0. The second-order valence-electron chi connectivity index (χ2n) is 4.75. The second kappa shape index (κ2) is 4.85. The minimum Gasteiger partial charge on any atom is -0.494 e. The molecule has 2 N–H and O–H groups in total. The van der Waals surface area contributed by atoms with Gasteiger partial charge in [-0.15, -0.1) is 0 Å². The lowest BCUT2D eigenvalue weighted by atomic mass is 9.85. The Labute approximate surface area is 96.5 Å². The fraction of sp³-hybridized carbons (Fsp3) is 0.538. The molecule has 3 heteroatoms. The number of rotatable bonds is 5. The van der Waals surface area contributed by atoms with Crippen molar-refractivity contribution in [2.75, 3.05) is 19.8 Å². The molecule has 3 nitrogen and oxygen atoms in total. The van der Waals surface area contributed by atoms with E-state index in [4.69, 9.17) is 15.2 Å². The van der Waals surface area contributed by atoms with Gasteiger partial charge in [-0.2, -0.15) is 0 Å². The summed E-state index contributed by atoms with van der Waals surface area (Å²) in [6, 6.07) is 7.96. The number of nitrogens with two attached hydrogens (primary N) is 1. The maximum atomic E-state index is 5.71. The monoisotopic (exact) mass is 221 g/mol. The SMILES string of the molecule is CC1(CCOc2cccc(CN)c2)COC1. The second-order valence-corrected chi connectivity index (χ2v) is 4.75. The predicted octanol–water partition coefficient (Wildman–Crippen LogP) is 1.95. The normalized spacial score (nSPS) is 17.9. The highest BCUT2D eigenvalue weighted by atomic mass is 16.5. The molecule has 0 aromatic heterocycles. The van der Waals surface area contributed by atoms with E-state index in [0.717, 1.165) is 37.6 Å². The van der Waals surface area contributed by atoms with Gasteiger partial charge in [0.1, 0.15) is 5.75 Å². The van der Waals surface area contributed by atoms with E-state index in [1.807, 2.05) is 24.3 Å². The molecule has 0 saturated carbocycles. The van der Waals surface area contributed by atoms with Gasteiger partial charge in [-0.05, 0) is 24.1 Å². The Kier molecular flexibility index (Phi) is 3.46. The van der Waals surface area contributed by atoms with Gasteiger partial charge in [-0.1, -0.05) is 19.1 Å². The first-order valence-electron chi connectivity index (χ1n) is 5.71. The molecular formula is C13H19NO2. The van der Waals surface area contributed by atoms with Crippen LogP contribution in [0.1, 0.15) is 18.9 Å². The number of hydrogen-bond donors (Lipinski definition) is 1. The smallest absolute Gasteiger partial charge is 0.119 e. The first-order chi connectivity index (χ1) is 7.72. The maximum Gasteiger partial charge on any atom is 0.119 e. The Morgan fingerprint density at radius 1 is 1.44 bits per heavy atom. The van der Waals surface area contributed by atoms with Gasteiger partial charge in [-0.3, -0.25) is 0 Å². The molecule has 1 aliphatic rings. The van der Waals surface area contributed by atoms with Gasteiger partial charge in [-0.25, -0.2) is 0 Å². The van der Waals surface area contributed by atoms with Crippen molar-refractivity contribution in [1.82, 2.24) is 0 Å². The van der Waals surface area contributed by atoms with Gasteiger partial charge in [0.2, 0.25) is 0 Å². The van der Waals surface area contributed by atoms with E-state index in [-0.39, 0.29) is 0 Å². The molecule has 0 atom stereocenters. The quantitative estimate of drug-likeness (QED) is 0.826. The minimum absolute atomic E-state index is 0.325. The van der Waals surface area contributed by atoms with Crippen LogP contribution < -0.4 is 10.5 Å². The third-order valence-electron chi connectivity index (χ3n) is 3.01. The van der Waals surface area contributed by atoms with Crippen LogP contribution in [0.25, 0.3) is 0 Å². The minimum atomic E-state index is 0.325. The number of benzene rings is 1. The first kappa shape index (κ1) is 11.4. The molecule has 1 aromatic carbocycles. The van der Waals surface area contributed by atoms with E-state index in [0.29, 0.717) is 12.0 Å². The number of ether oxygens (including phenoxy) is 2. The zero-order valence-corrected chi connectivity index (χ0v) is 9.74. The largest absolute Gasteiger partial charge is 0.494 e. The molecule has 0 spiro atoms. The molecule has 1 saturated heterocycles. The predicted molar refractivity (Wildman–Crippen MR) is 63.4 cm³/mol. The van der Waals surface area contributed by atoms with Crippen LogP contribution in [0.15, 0.2) is 24.3 Å². The van der Waals surface area contributed by atoms with Crippen LogP contribution in [-0.4, -0.2) is 19.8 Å². The van der Waals surface area contributed by atoms with Gasteiger partial charge in [0.25, 0.3) is 0 Å². The van der Waals surface area contributed by atoms with Crippen molar-refractivity contribution in [2.45, 2.75) is 19.9 Å². The molecule has 0 unspecified atom stereocenters. The van der Waals surface area contributed by atoms with Crippen LogP contribution in [0, 0.1) is 5.41 Å². The van der Waals surface area contributed by atoms with Crippen LogP contribution in [0.3, 0.4) is 0 Å². The summed E-state index contributed by atoms with van der Waals surface area (Å²) >= 11 is 0. The lowest BCUT2D eigenvalue weighted by molar-refractivity contribution is -0.109. The highest BCUT2D eigenvalue weighted by Gasteiger charge is 2.32. The fourth-order valence-electron chi connectivity index (χ4n) is 1.77. The highest BCUT2D eigenvalue weighted by molar-refractivity contribution is 5.28. The average molecular weight is 221 g/mol. The summed E-state index contributed by atoms with van der Waals surface area (Å²) in [5, 5.41) is 0. The molecule has 0 radical (unpaired) electrons. The van der Waals surface area contributed by atoms with E-state index >= 15 is 0 Å². The van der Waals surface area contributed by atoms with Gasteiger partial charge in [0.15, 0.2) is 0 Å². The summed E-state index contributed by atoms with van der Waals surface area (Å²) in [6.45, 7) is 5.26. The van der Waals surface area contributed by atoms with E-state index in [2.05, 4.69) is 6.92 Å². The Bertz CT molecular complexity index is 348. The van der Waals surface area contributed by atoms with Crippen LogP contribution in [-0.2, 0) is 11.3 Å². The molecule has 0 aliphatic carbocycles. The molecule has 88 valence electrons. The van der Waals surface area contributed by atoms with E-state index in [1.54, 1.807) is 0 Å². The van der Waals surface area contributed by atoms with Crippen molar-refractivity contribution < 1.29 is 9.47 Å². The Morgan fingerprint density at radius 2 is 2.25 bits per heavy atom. The number of hydrogen-bond acceptors (Lipinski definition) is 3. The summed E-state index contributed by atoms with van der Waals surface area (Å²) in [6.07, 6.45) is 1.04. The van der Waals surface area contributed by atoms with E-state index < -0.39 is 0 Å². The van der Waals surface area contributed by atoms with Crippen LogP contribution in [0.4, 0.5) is 0 Å². The zero-order valence-electron chi connectivity index (χ0n) is 9.74. The van der Waals surface area contributed by atoms with E-state index in [1.165, 1.54) is 0 Å². The van der Waals surface area contributed by atoms with Gasteiger partial charge in [0.05, 0.1) is 19.8 Å². The lowest BCUT2D eigenvalue weighted by Crippen LogP contribution is -2.40. The third kappa shape index (κ3) is 2.74. The van der Waals surface area contributed by atoms with Gasteiger partial charge < -0.3 is 15.2 Å². The molecule has 2 rings (SSSR count). The van der Waals surface area contributed by atoms with Crippen LogP contribution in [0.5, 0.6) is 5.75 Å². The maximum absolute atomic E-state index is 5.71. The Balaban J connectivity index is 1.80. The average Bonchev–Trinajstić information content (AvgIpc) is 2.27. The van der Waals surface area contributed by atoms with Crippen molar-refractivity contribution in [3.8, 4) is 5.75 Å². The van der Waals surface area contributed by atoms with Crippen LogP contribution in [0.2, 0.25) is 0 Å². The fourth-order valence-corrected chi connectivity index (χ4v) is 1.77. The molecular weight excluding hydrogens is 202 g/mol. The first-order valence-corrected chi connectivity index (χ1v) is 5.71. The summed E-state index contributed by atoms with van der Waals surface area (Å²) in [4.78, 5) is 0. The molecule has 0 amide bonds. The van der Waals surface area contributed by atoms with Crippen molar-refractivity contribution in [2.24, 2.45) is 11.1 Å². The highest BCUT2D eigenvalue weighted by Crippen LogP contribution is 2.30. The van der Waals surface area contributed by atoms with Gasteiger partial charge >= 0.3 is 0 Å². The molecule has 1 fully saturated rings. The van der Waals surface area contributed by atoms with Crippen molar-refractivity contribution >= 4 is 0 Å². The summed E-state index contributed by atoms with van der Waals surface area (Å²) in [5.74, 6) is 0.909. The van der Waals surface area contributed by atoms with Crippen molar-refractivity contribution in [1.29, 1.82) is 0 Å². The molecule has 1 heterocycles. The molecule has 16 heavy (non-hydrogen) atoms. The van der Waals surface area contributed by atoms with Crippen molar-refractivity contribution in [3.05, 3.63) is 29.8 Å². The topological polar surface area (TPSA) is 44.5 Å². The summed E-state index contributed by atoms with van der Waals surface area (Å²) in [5.41, 5.74) is 7.01. The molecule has 1 aromatic rings. The Hall–Kier alpha value is -1.06. The van der Waals surface area contributed by atoms with E-state index in [9.17, 15) is 0 Å². The Morgan fingerprint density at radius 3 is 2.88 bits per heavy atom. The standard InChI is InChI=1S/C13H19NO2/c1-13(9-15-10-13)5-6-16-12-4-2-3-11(7-12)8-14/h2-4,7H,5-6,8-10,14H2,1H3. The third-order valence-corrected chi connectivity index (χ3v) is 3.01. The van der Waals surface area contributed by atoms with Crippen LogP contribution >= 0.6 is 0 Å². The molecule has 0 bridgehead atoms.